The molecule has 3 aromatic rings. The van der Waals surface area contributed by atoms with Crippen LogP contribution in [0.15, 0.2) is 48.2 Å². The lowest BCUT2D eigenvalue weighted by Crippen LogP contribution is -2.39. The fraction of sp³-hybridized carbons (Fsp3) is 0.469. The molecule has 1 unspecified atom stereocenters. The van der Waals surface area contributed by atoms with E-state index in [2.05, 4.69) is 23.7 Å². The number of amides is 1. The van der Waals surface area contributed by atoms with E-state index in [1.807, 2.05) is 30.3 Å². The fourth-order valence-corrected chi connectivity index (χ4v) is 5.65. The van der Waals surface area contributed by atoms with Crippen molar-refractivity contribution in [3.8, 4) is 11.5 Å². The number of imidazole rings is 1. The molecule has 5 rings (SSSR count). The smallest absolute Gasteiger partial charge is 0.295 e. The SMILES string of the molecule is COc1cc(C2/C(=C(\O)c3c(C)nc4ccccn34)C(=O)C(=O)N2CCCN2CCOCC2)ccc1OCCC(C)C. The number of rotatable bonds is 11. The molecule has 1 aromatic carbocycles. The number of aryl methyl sites for hydroxylation is 1. The zero-order valence-corrected chi connectivity index (χ0v) is 24.8. The Morgan fingerprint density at radius 1 is 1.12 bits per heavy atom. The fourth-order valence-electron chi connectivity index (χ4n) is 5.65. The van der Waals surface area contributed by atoms with Crippen molar-refractivity contribution in [2.45, 2.75) is 39.7 Å². The maximum absolute atomic E-state index is 13.7. The van der Waals surface area contributed by atoms with Crippen LogP contribution < -0.4 is 9.47 Å². The zero-order chi connectivity index (χ0) is 29.8. The quantitative estimate of drug-likeness (QED) is 0.206. The lowest BCUT2D eigenvalue weighted by Gasteiger charge is -2.29. The van der Waals surface area contributed by atoms with Crippen molar-refractivity contribution in [2.75, 3.05) is 53.1 Å². The normalized spacial score (nSPS) is 19.3. The first-order chi connectivity index (χ1) is 20.3. The molecule has 224 valence electrons. The van der Waals surface area contributed by atoms with Gasteiger partial charge in [0.05, 0.1) is 44.2 Å². The van der Waals surface area contributed by atoms with Gasteiger partial charge in [0.25, 0.3) is 11.7 Å². The van der Waals surface area contributed by atoms with Gasteiger partial charge < -0.3 is 24.2 Å². The number of aromatic nitrogens is 2. The summed E-state index contributed by atoms with van der Waals surface area (Å²) >= 11 is 0. The first kappa shape index (κ1) is 29.6. The predicted octanol–water partition coefficient (Wildman–Crippen LogP) is 4.22. The molecule has 0 bridgehead atoms. The highest BCUT2D eigenvalue weighted by Crippen LogP contribution is 2.42. The summed E-state index contributed by atoms with van der Waals surface area (Å²) in [6.45, 7) is 10.8. The summed E-state index contributed by atoms with van der Waals surface area (Å²) < 4.78 is 18.9. The largest absolute Gasteiger partial charge is 0.505 e. The van der Waals surface area contributed by atoms with Gasteiger partial charge in [-0.2, -0.15) is 0 Å². The summed E-state index contributed by atoms with van der Waals surface area (Å²) in [6.07, 6.45) is 3.35. The monoisotopic (exact) mass is 576 g/mol. The highest BCUT2D eigenvalue weighted by atomic mass is 16.5. The number of hydrogen-bond donors (Lipinski definition) is 1. The molecule has 0 aliphatic carbocycles. The number of hydrogen-bond acceptors (Lipinski definition) is 8. The standard InChI is InChI=1S/C32H40N4O6/c1-21(2)11-17-42-24-10-9-23(20-25(24)40-4)29-27(30(37)28-22(3)33-26-8-5-6-13-35(26)28)31(38)32(39)36(29)14-7-12-34-15-18-41-19-16-34/h5-6,8-10,13,20-21,29,37H,7,11-12,14-19H2,1-4H3/b30-27+. The summed E-state index contributed by atoms with van der Waals surface area (Å²) in [7, 11) is 1.56. The lowest BCUT2D eigenvalue weighted by atomic mass is 9.95. The average molecular weight is 577 g/mol. The molecule has 42 heavy (non-hydrogen) atoms. The van der Waals surface area contributed by atoms with Crippen LogP contribution in [0.3, 0.4) is 0 Å². The molecule has 2 saturated heterocycles. The van der Waals surface area contributed by atoms with Gasteiger partial charge in [0.15, 0.2) is 17.3 Å². The summed E-state index contributed by atoms with van der Waals surface area (Å²) in [4.78, 5) is 35.6. The minimum Gasteiger partial charge on any atom is -0.505 e. The average Bonchev–Trinajstić information content (AvgIpc) is 3.45. The van der Waals surface area contributed by atoms with Crippen LogP contribution in [-0.4, -0.2) is 89.1 Å². The van der Waals surface area contributed by atoms with Crippen LogP contribution >= 0.6 is 0 Å². The highest BCUT2D eigenvalue weighted by Gasteiger charge is 2.46. The number of pyridine rings is 1. The molecular formula is C32H40N4O6. The van der Waals surface area contributed by atoms with Gasteiger partial charge in [-0.05, 0) is 55.5 Å². The van der Waals surface area contributed by atoms with E-state index < -0.39 is 17.7 Å². The van der Waals surface area contributed by atoms with Crippen molar-refractivity contribution in [2.24, 2.45) is 5.92 Å². The topological polar surface area (TPSA) is 106 Å². The van der Waals surface area contributed by atoms with E-state index >= 15 is 0 Å². The maximum atomic E-state index is 13.7. The van der Waals surface area contributed by atoms with Crippen molar-refractivity contribution >= 4 is 23.1 Å². The zero-order valence-electron chi connectivity index (χ0n) is 24.8. The van der Waals surface area contributed by atoms with E-state index in [1.165, 1.54) is 0 Å². The molecule has 2 fully saturated rings. The summed E-state index contributed by atoms with van der Waals surface area (Å²) in [5.41, 5.74) is 2.28. The Balaban J connectivity index is 1.54. The van der Waals surface area contributed by atoms with Gasteiger partial charge in [0, 0.05) is 32.4 Å². The van der Waals surface area contributed by atoms with Gasteiger partial charge in [-0.1, -0.05) is 26.0 Å². The van der Waals surface area contributed by atoms with Crippen LogP contribution in [0.5, 0.6) is 11.5 Å². The Kier molecular flexibility index (Phi) is 9.13. The number of methoxy groups -OCH3 is 1. The molecule has 2 aromatic heterocycles. The number of likely N-dealkylation sites (tertiary alicyclic amines) is 1. The number of ketones is 1. The Hall–Kier alpha value is -3.89. The first-order valence-corrected chi connectivity index (χ1v) is 14.6. The van der Waals surface area contributed by atoms with E-state index in [0.29, 0.717) is 72.8 Å². The second-order valence-electron chi connectivity index (χ2n) is 11.2. The molecule has 1 atom stereocenters. The molecule has 10 heteroatoms. The number of carbonyl (C=O) groups is 2. The third-order valence-corrected chi connectivity index (χ3v) is 7.90. The second-order valence-corrected chi connectivity index (χ2v) is 11.2. The molecule has 0 radical (unpaired) electrons. The molecule has 1 N–H and O–H groups in total. The van der Waals surface area contributed by atoms with Crippen molar-refractivity contribution in [3.05, 3.63) is 65.1 Å². The van der Waals surface area contributed by atoms with Gasteiger partial charge in [0.1, 0.15) is 11.3 Å². The van der Waals surface area contributed by atoms with Gasteiger partial charge in [-0.3, -0.25) is 18.9 Å². The van der Waals surface area contributed by atoms with E-state index in [0.717, 1.165) is 26.1 Å². The van der Waals surface area contributed by atoms with E-state index in [4.69, 9.17) is 14.2 Å². The third-order valence-electron chi connectivity index (χ3n) is 7.90. The van der Waals surface area contributed by atoms with Gasteiger partial charge in [-0.15, -0.1) is 0 Å². The molecule has 2 aliphatic heterocycles. The van der Waals surface area contributed by atoms with Crippen LogP contribution in [0.4, 0.5) is 0 Å². The lowest BCUT2D eigenvalue weighted by molar-refractivity contribution is -0.140. The minimum absolute atomic E-state index is 0.0376. The van der Waals surface area contributed by atoms with Crippen LogP contribution in [0.25, 0.3) is 11.4 Å². The van der Waals surface area contributed by atoms with Crippen molar-refractivity contribution in [1.82, 2.24) is 19.2 Å². The van der Waals surface area contributed by atoms with Crippen LogP contribution in [0, 0.1) is 12.8 Å². The Morgan fingerprint density at radius 3 is 2.64 bits per heavy atom. The van der Waals surface area contributed by atoms with Gasteiger partial charge >= 0.3 is 0 Å². The number of benzene rings is 1. The molecule has 2 aliphatic rings. The number of Topliss-reactive ketones (excluding diaryl/α,β-unsaturated/α-hetero) is 1. The summed E-state index contributed by atoms with van der Waals surface area (Å²) in [6, 6.07) is 10.2. The van der Waals surface area contributed by atoms with Crippen molar-refractivity contribution < 1.29 is 28.9 Å². The molecule has 1 amide bonds. The number of morpholine rings is 1. The number of nitrogens with zero attached hydrogens (tertiary/aromatic N) is 4. The number of aliphatic hydroxyl groups is 1. The number of ether oxygens (including phenoxy) is 3. The molecule has 4 heterocycles. The number of carbonyl (C=O) groups excluding carboxylic acids is 2. The Labute approximate surface area is 246 Å². The van der Waals surface area contributed by atoms with Gasteiger partial charge in [-0.25, -0.2) is 4.98 Å². The minimum atomic E-state index is -0.804. The van der Waals surface area contributed by atoms with Crippen LogP contribution in [0.2, 0.25) is 0 Å². The van der Waals surface area contributed by atoms with Crippen molar-refractivity contribution in [3.63, 3.8) is 0 Å². The highest BCUT2D eigenvalue weighted by molar-refractivity contribution is 6.46. The Bertz CT molecular complexity index is 1470. The maximum Gasteiger partial charge on any atom is 0.295 e. The van der Waals surface area contributed by atoms with E-state index in [9.17, 15) is 14.7 Å². The van der Waals surface area contributed by atoms with Crippen molar-refractivity contribution in [1.29, 1.82) is 0 Å². The molecule has 0 spiro atoms. The van der Waals surface area contributed by atoms with Crippen LogP contribution in [-0.2, 0) is 14.3 Å². The van der Waals surface area contributed by atoms with E-state index in [-0.39, 0.29) is 11.3 Å². The van der Waals surface area contributed by atoms with E-state index in [1.54, 1.807) is 35.6 Å². The molecular weight excluding hydrogens is 536 g/mol. The summed E-state index contributed by atoms with van der Waals surface area (Å²) in [5.74, 6) is -0.0152. The predicted molar refractivity (Wildman–Crippen MR) is 159 cm³/mol. The summed E-state index contributed by atoms with van der Waals surface area (Å²) in [5, 5.41) is 11.7. The second kappa shape index (κ2) is 13.0. The third kappa shape index (κ3) is 6.00. The molecule has 10 nitrogen and oxygen atoms in total. The number of fused-ring (bicyclic) bond motifs is 1. The number of aliphatic hydroxyl groups excluding tert-OH is 1. The Morgan fingerprint density at radius 2 is 1.90 bits per heavy atom. The first-order valence-electron chi connectivity index (χ1n) is 14.6. The van der Waals surface area contributed by atoms with Crippen LogP contribution in [0.1, 0.15) is 49.7 Å². The molecule has 0 saturated carbocycles. The van der Waals surface area contributed by atoms with Gasteiger partial charge in [0.2, 0.25) is 0 Å².